The molecule has 6 nitrogen and oxygen atoms in total. The summed E-state index contributed by atoms with van der Waals surface area (Å²) in [4.78, 5) is 8.60. The van der Waals surface area contributed by atoms with Gasteiger partial charge in [-0.25, -0.2) is 4.98 Å². The lowest BCUT2D eigenvalue weighted by molar-refractivity contribution is 0.0285. The molecule has 0 aromatic carbocycles. The molecule has 3 aromatic heterocycles. The average molecular weight is 322 g/mol. The normalized spacial score (nSPS) is 11.5. The molecule has 6 heteroatoms. The van der Waals surface area contributed by atoms with Crippen molar-refractivity contribution in [3.63, 3.8) is 0 Å². The molecule has 3 aromatic rings. The number of aryl methyl sites for hydroxylation is 1. The van der Waals surface area contributed by atoms with Crippen LogP contribution in [-0.4, -0.2) is 31.7 Å². The molecular formula is C18H18N4O2. The fraction of sp³-hybridized carbons (Fsp3) is 0.278. The fourth-order valence-corrected chi connectivity index (χ4v) is 2.34. The van der Waals surface area contributed by atoms with Gasteiger partial charge in [0.05, 0.1) is 17.5 Å². The number of imidazole rings is 1. The Morgan fingerprint density at radius 1 is 1.25 bits per heavy atom. The molecule has 1 N–H and O–H groups in total. The zero-order chi connectivity index (χ0) is 17.3. The minimum atomic E-state index is -0.940. The number of ether oxygens (including phenoxy) is 1. The first-order valence-corrected chi connectivity index (χ1v) is 7.57. The molecule has 0 aliphatic carbocycles. The van der Waals surface area contributed by atoms with Crippen LogP contribution in [-0.2, 0) is 0 Å². The number of hydrogen-bond acceptors (Lipinski definition) is 5. The van der Waals surface area contributed by atoms with Crippen molar-refractivity contribution in [2.75, 3.05) is 6.61 Å². The van der Waals surface area contributed by atoms with Gasteiger partial charge in [-0.3, -0.25) is 9.38 Å². The lowest BCUT2D eigenvalue weighted by atomic mass is 10.1. The highest BCUT2D eigenvalue weighted by Gasteiger charge is 2.16. The third-order valence-corrected chi connectivity index (χ3v) is 3.49. The number of rotatable bonds is 4. The predicted molar refractivity (Wildman–Crippen MR) is 89.7 cm³/mol. The van der Waals surface area contributed by atoms with Crippen LogP contribution in [0.1, 0.15) is 25.2 Å². The summed E-state index contributed by atoms with van der Waals surface area (Å²) in [7, 11) is 0. The molecule has 0 aliphatic rings. The van der Waals surface area contributed by atoms with E-state index in [2.05, 4.69) is 16.0 Å². The maximum absolute atomic E-state index is 9.85. The van der Waals surface area contributed by atoms with Gasteiger partial charge in [0.15, 0.2) is 0 Å². The molecule has 0 saturated carbocycles. The van der Waals surface area contributed by atoms with Crippen LogP contribution in [0.15, 0.2) is 36.7 Å². The van der Waals surface area contributed by atoms with E-state index in [0.29, 0.717) is 17.1 Å². The Hall–Kier alpha value is -2.91. The van der Waals surface area contributed by atoms with E-state index in [1.165, 1.54) is 6.20 Å². The Morgan fingerprint density at radius 3 is 2.67 bits per heavy atom. The molecule has 0 spiro atoms. The van der Waals surface area contributed by atoms with Crippen LogP contribution in [0.5, 0.6) is 5.75 Å². The summed E-state index contributed by atoms with van der Waals surface area (Å²) in [5, 5.41) is 19.2. The van der Waals surface area contributed by atoms with Crippen LogP contribution in [0.4, 0.5) is 0 Å². The van der Waals surface area contributed by atoms with Crippen molar-refractivity contribution in [2.45, 2.75) is 26.4 Å². The van der Waals surface area contributed by atoms with E-state index >= 15 is 0 Å². The van der Waals surface area contributed by atoms with Crippen molar-refractivity contribution >= 4 is 5.65 Å². The molecule has 0 atom stereocenters. The SMILES string of the molecule is Cc1ccc(-c2cc(OCC(C)(C)O)cc3ncc(C#N)n23)cn1. The first-order valence-electron chi connectivity index (χ1n) is 7.57. The van der Waals surface area contributed by atoms with Gasteiger partial charge < -0.3 is 9.84 Å². The summed E-state index contributed by atoms with van der Waals surface area (Å²) in [6, 6.07) is 9.57. The second kappa shape index (κ2) is 5.95. The molecule has 3 heterocycles. The summed E-state index contributed by atoms with van der Waals surface area (Å²) in [6.45, 7) is 5.43. The van der Waals surface area contributed by atoms with Gasteiger partial charge in [-0.1, -0.05) is 0 Å². The number of nitriles is 1. The van der Waals surface area contributed by atoms with Crippen molar-refractivity contribution in [1.29, 1.82) is 5.26 Å². The molecule has 0 amide bonds. The molecule has 0 fully saturated rings. The van der Waals surface area contributed by atoms with Crippen molar-refractivity contribution < 1.29 is 9.84 Å². The van der Waals surface area contributed by atoms with Crippen LogP contribution >= 0.6 is 0 Å². The minimum absolute atomic E-state index is 0.153. The zero-order valence-corrected chi connectivity index (χ0v) is 13.8. The highest BCUT2D eigenvalue weighted by atomic mass is 16.5. The van der Waals surface area contributed by atoms with E-state index in [-0.39, 0.29) is 6.61 Å². The van der Waals surface area contributed by atoms with Crippen LogP contribution in [0.3, 0.4) is 0 Å². The zero-order valence-electron chi connectivity index (χ0n) is 13.8. The molecule has 3 rings (SSSR count). The largest absolute Gasteiger partial charge is 0.490 e. The van der Waals surface area contributed by atoms with E-state index in [1.54, 1.807) is 30.5 Å². The van der Waals surface area contributed by atoms with Gasteiger partial charge in [0, 0.05) is 29.6 Å². The molecule has 0 bridgehead atoms. The predicted octanol–water partition coefficient (Wildman–Crippen LogP) is 2.73. The standard InChI is InChI=1S/C18H18N4O2/c1-12-4-5-13(9-20-12)16-6-15(24-11-18(2,3)23)7-17-21-10-14(8-19)22(16)17/h4-7,9-10,23H,11H2,1-3H3. The number of aliphatic hydroxyl groups is 1. The number of fused-ring (bicyclic) bond motifs is 1. The van der Waals surface area contributed by atoms with Crippen LogP contribution in [0, 0.1) is 18.3 Å². The summed E-state index contributed by atoms with van der Waals surface area (Å²) < 4.78 is 7.47. The maximum atomic E-state index is 9.85. The topological polar surface area (TPSA) is 83.4 Å². The molecule has 0 aliphatic heterocycles. The maximum Gasteiger partial charge on any atom is 0.145 e. The first kappa shape index (κ1) is 16.0. The van der Waals surface area contributed by atoms with E-state index in [1.807, 2.05) is 25.1 Å². The monoisotopic (exact) mass is 322 g/mol. The third kappa shape index (κ3) is 3.21. The Bertz CT molecular complexity index is 915. The van der Waals surface area contributed by atoms with E-state index < -0.39 is 5.60 Å². The van der Waals surface area contributed by atoms with Gasteiger partial charge in [0.1, 0.15) is 29.8 Å². The van der Waals surface area contributed by atoms with Gasteiger partial charge in [-0.2, -0.15) is 5.26 Å². The number of nitrogens with zero attached hydrogens (tertiary/aromatic N) is 4. The molecule has 0 unspecified atom stereocenters. The second-order valence-corrected chi connectivity index (χ2v) is 6.31. The quantitative estimate of drug-likeness (QED) is 0.798. The minimum Gasteiger partial charge on any atom is -0.490 e. The Morgan fingerprint density at radius 2 is 2.04 bits per heavy atom. The van der Waals surface area contributed by atoms with Crippen LogP contribution < -0.4 is 4.74 Å². The van der Waals surface area contributed by atoms with Crippen molar-refractivity contribution in [2.24, 2.45) is 0 Å². The van der Waals surface area contributed by atoms with Crippen molar-refractivity contribution in [1.82, 2.24) is 14.4 Å². The number of aromatic nitrogens is 3. The van der Waals surface area contributed by atoms with Crippen LogP contribution in [0.2, 0.25) is 0 Å². The highest BCUT2D eigenvalue weighted by Crippen LogP contribution is 2.27. The lowest BCUT2D eigenvalue weighted by Gasteiger charge is -2.18. The number of hydrogen-bond donors (Lipinski definition) is 1. The summed E-state index contributed by atoms with van der Waals surface area (Å²) in [5.41, 5.74) is 2.64. The Labute approximate surface area is 140 Å². The van der Waals surface area contributed by atoms with Crippen LogP contribution in [0.25, 0.3) is 16.9 Å². The van der Waals surface area contributed by atoms with Gasteiger partial charge in [-0.15, -0.1) is 0 Å². The Balaban J connectivity index is 2.14. The van der Waals surface area contributed by atoms with E-state index in [0.717, 1.165) is 17.0 Å². The third-order valence-electron chi connectivity index (χ3n) is 3.49. The van der Waals surface area contributed by atoms with Gasteiger partial charge >= 0.3 is 0 Å². The summed E-state index contributed by atoms with van der Waals surface area (Å²) in [6.07, 6.45) is 3.28. The van der Waals surface area contributed by atoms with Gasteiger partial charge in [0.2, 0.25) is 0 Å². The Kier molecular flexibility index (Phi) is 3.96. The lowest BCUT2D eigenvalue weighted by Crippen LogP contribution is -2.27. The summed E-state index contributed by atoms with van der Waals surface area (Å²) >= 11 is 0. The average Bonchev–Trinajstić information content (AvgIpc) is 2.95. The number of pyridine rings is 2. The second-order valence-electron chi connectivity index (χ2n) is 6.31. The fourth-order valence-electron chi connectivity index (χ4n) is 2.34. The first-order chi connectivity index (χ1) is 11.4. The molecule has 24 heavy (non-hydrogen) atoms. The summed E-state index contributed by atoms with van der Waals surface area (Å²) in [5.74, 6) is 0.579. The van der Waals surface area contributed by atoms with Gasteiger partial charge in [0.25, 0.3) is 0 Å². The van der Waals surface area contributed by atoms with Crippen molar-refractivity contribution in [3.8, 4) is 23.1 Å². The molecule has 0 radical (unpaired) electrons. The molecular weight excluding hydrogens is 304 g/mol. The van der Waals surface area contributed by atoms with Gasteiger partial charge in [-0.05, 0) is 32.9 Å². The molecule has 122 valence electrons. The van der Waals surface area contributed by atoms with E-state index in [4.69, 9.17) is 4.74 Å². The highest BCUT2D eigenvalue weighted by molar-refractivity contribution is 5.67. The van der Waals surface area contributed by atoms with Crippen molar-refractivity contribution in [3.05, 3.63) is 48.0 Å². The van der Waals surface area contributed by atoms with E-state index in [9.17, 15) is 10.4 Å². The molecule has 0 saturated heterocycles. The smallest absolute Gasteiger partial charge is 0.145 e.